The summed E-state index contributed by atoms with van der Waals surface area (Å²) >= 11 is 0. The maximum atomic E-state index is 11.4. The molecule has 0 aromatic carbocycles. The Hall–Kier alpha value is -1.48. The number of halogens is 1. The van der Waals surface area contributed by atoms with Gasteiger partial charge in [-0.05, 0) is 0 Å². The van der Waals surface area contributed by atoms with Gasteiger partial charge in [-0.2, -0.15) is 0 Å². The molecule has 0 fully saturated rings. The van der Waals surface area contributed by atoms with Crippen LogP contribution in [0.15, 0.2) is 4.99 Å². The minimum atomic E-state index is -4.55. The van der Waals surface area contributed by atoms with Crippen LogP contribution in [0, 0.1) is 0 Å². The lowest BCUT2D eigenvalue weighted by Gasteiger charge is -2.03. The molecule has 8 nitrogen and oxygen atoms in total. The highest BCUT2D eigenvalue weighted by Crippen LogP contribution is 1.99. The number of carbonyl (C=O) groups excluding carboxylic acids is 2. The van der Waals surface area contributed by atoms with E-state index in [-0.39, 0.29) is 18.8 Å². The van der Waals surface area contributed by atoms with Crippen molar-refractivity contribution >= 4 is 34.3 Å². The second-order valence-electron chi connectivity index (χ2n) is 3.29. The molecule has 0 radical (unpaired) electrons. The van der Waals surface area contributed by atoms with Gasteiger partial charge >= 0.3 is 22.8 Å². The number of nitrogens with zero attached hydrogens (tertiary/aromatic N) is 2. The van der Waals surface area contributed by atoms with Gasteiger partial charge in [-0.25, -0.2) is 9.37 Å². The molecule has 19 heavy (non-hydrogen) atoms. The number of aliphatic imine (C=N–C) groups is 1. The molecule has 0 unspecified atom stereocenters. The minimum absolute atomic E-state index is 0. The van der Waals surface area contributed by atoms with Crippen molar-refractivity contribution in [2.24, 2.45) is 4.99 Å². The molecule has 110 valence electrons. The summed E-state index contributed by atoms with van der Waals surface area (Å²) in [6.45, 7) is 1.51. The number of rotatable bonds is 6. The predicted molar refractivity (Wildman–Crippen MR) is 62.9 cm³/mol. The molecule has 0 rings (SSSR count). The van der Waals surface area contributed by atoms with Crippen molar-refractivity contribution in [1.82, 2.24) is 0 Å². The summed E-state index contributed by atoms with van der Waals surface area (Å²) in [5, 5.41) is 0. The summed E-state index contributed by atoms with van der Waals surface area (Å²) in [5.74, 6) is -1.98. The van der Waals surface area contributed by atoms with E-state index in [1.54, 1.807) is 0 Å². The summed E-state index contributed by atoms with van der Waals surface area (Å²) in [7, 11) is -0.347. The fraction of sp³-hybridized carbons (Fsp3) is 0.556. The van der Waals surface area contributed by atoms with Crippen LogP contribution in [0.1, 0.15) is 13.3 Å². The highest BCUT2D eigenvalue weighted by molar-refractivity contribution is 7.82. The molecule has 0 bridgehead atoms. The van der Waals surface area contributed by atoms with Crippen LogP contribution >= 0.6 is 0 Å². The standard InChI is InChI=1S/C9H15N2O6S.ClH/c1-5-7(12)8(10-2)9(13)17-18(14,15)16-6-11(3)4;/h6H,5H2,1-4H3;1H/q+1;/p-1. The molecular weight excluding hydrogens is 300 g/mol. The van der Waals surface area contributed by atoms with Crippen LogP contribution in [-0.4, -0.2) is 58.0 Å². The Kier molecular flexibility index (Phi) is 8.98. The first-order chi connectivity index (χ1) is 8.23. The van der Waals surface area contributed by atoms with Gasteiger partial charge in [-0.15, -0.1) is 8.42 Å². The van der Waals surface area contributed by atoms with E-state index in [4.69, 9.17) is 0 Å². The van der Waals surface area contributed by atoms with Gasteiger partial charge < -0.3 is 16.6 Å². The summed E-state index contributed by atoms with van der Waals surface area (Å²) in [6.07, 6.45) is 0.833. The second-order valence-corrected chi connectivity index (χ2v) is 4.47. The summed E-state index contributed by atoms with van der Waals surface area (Å²) in [4.78, 5) is 26.0. The lowest BCUT2D eigenvalue weighted by molar-refractivity contribution is -0.466. The van der Waals surface area contributed by atoms with Crippen molar-refractivity contribution in [1.29, 1.82) is 0 Å². The maximum Gasteiger partial charge on any atom is 0.508 e. The third-order valence-electron chi connectivity index (χ3n) is 1.55. The van der Waals surface area contributed by atoms with Gasteiger partial charge in [0.1, 0.15) is 14.1 Å². The molecule has 0 aromatic rings. The third kappa shape index (κ3) is 7.52. The van der Waals surface area contributed by atoms with Gasteiger partial charge in [-0.1, -0.05) is 6.92 Å². The highest BCUT2D eigenvalue weighted by Gasteiger charge is 2.27. The molecule has 0 aliphatic rings. The number of carbonyl (C=O) groups is 2. The average molecular weight is 315 g/mol. The first kappa shape index (κ1) is 19.9. The van der Waals surface area contributed by atoms with Crippen LogP contribution in [0.5, 0.6) is 0 Å². The van der Waals surface area contributed by atoms with Crippen LogP contribution in [0.3, 0.4) is 0 Å². The summed E-state index contributed by atoms with van der Waals surface area (Å²) < 4.78 is 32.0. The van der Waals surface area contributed by atoms with Gasteiger partial charge in [0, 0.05) is 13.5 Å². The molecule has 0 spiro atoms. The van der Waals surface area contributed by atoms with Crippen LogP contribution in [0.25, 0.3) is 0 Å². The number of hydrogen-bond acceptors (Lipinski definition) is 7. The first-order valence-electron chi connectivity index (χ1n) is 4.90. The molecule has 0 heterocycles. The van der Waals surface area contributed by atoms with E-state index in [0.717, 1.165) is 6.40 Å². The lowest BCUT2D eigenvalue weighted by Crippen LogP contribution is -3.00. The molecular formula is C9H15ClN2O6S. The Morgan fingerprint density at radius 1 is 1.32 bits per heavy atom. The zero-order valence-corrected chi connectivity index (χ0v) is 12.5. The van der Waals surface area contributed by atoms with Crippen LogP contribution in [0.2, 0.25) is 0 Å². The van der Waals surface area contributed by atoms with Crippen molar-refractivity contribution in [3.63, 3.8) is 0 Å². The predicted octanol–water partition coefficient (Wildman–Crippen LogP) is -3.85. The molecule has 0 atom stereocenters. The highest BCUT2D eigenvalue weighted by atomic mass is 35.5. The average Bonchev–Trinajstić information content (AvgIpc) is 2.26. The van der Waals surface area contributed by atoms with Crippen LogP contribution in [0.4, 0.5) is 0 Å². The fourth-order valence-electron chi connectivity index (χ4n) is 0.788. The van der Waals surface area contributed by atoms with E-state index in [0.29, 0.717) is 0 Å². The molecule has 10 heteroatoms. The van der Waals surface area contributed by atoms with Gasteiger partial charge in [0.15, 0.2) is 11.5 Å². The number of ketones is 1. The van der Waals surface area contributed by atoms with E-state index in [1.807, 2.05) is 0 Å². The van der Waals surface area contributed by atoms with Crippen molar-refractivity contribution in [3.8, 4) is 0 Å². The monoisotopic (exact) mass is 314 g/mol. The molecule has 0 saturated heterocycles. The Bertz CT molecular complexity index is 493. The van der Waals surface area contributed by atoms with E-state index < -0.39 is 27.9 Å². The van der Waals surface area contributed by atoms with Crippen molar-refractivity contribution in [2.45, 2.75) is 13.3 Å². The van der Waals surface area contributed by atoms with E-state index in [9.17, 15) is 18.0 Å². The molecule has 0 aliphatic carbocycles. The number of Topliss-reactive ketones (excluding diaryl/α,β-unsaturated/α-hetero) is 1. The van der Waals surface area contributed by atoms with Crippen LogP contribution in [-0.2, 0) is 28.4 Å². The molecule has 0 saturated carbocycles. The van der Waals surface area contributed by atoms with E-state index in [2.05, 4.69) is 13.4 Å². The first-order valence-corrected chi connectivity index (χ1v) is 6.23. The quantitative estimate of drug-likeness (QED) is 0.215. The van der Waals surface area contributed by atoms with Crippen molar-refractivity contribution in [3.05, 3.63) is 0 Å². The molecule has 0 aromatic heterocycles. The normalized spacial score (nSPS) is 11.1. The smallest absolute Gasteiger partial charge is 0.508 e. The minimum Gasteiger partial charge on any atom is -1.00 e. The Morgan fingerprint density at radius 2 is 1.84 bits per heavy atom. The van der Waals surface area contributed by atoms with Crippen LogP contribution < -0.4 is 12.4 Å². The fourth-order valence-corrected chi connectivity index (χ4v) is 1.37. The molecule has 0 amide bonds. The second kappa shape index (κ2) is 8.59. The third-order valence-corrected chi connectivity index (χ3v) is 2.23. The van der Waals surface area contributed by atoms with E-state index >= 15 is 0 Å². The Morgan fingerprint density at radius 3 is 2.21 bits per heavy atom. The summed E-state index contributed by atoms with van der Waals surface area (Å²) in [6, 6.07) is 0. The Balaban J connectivity index is 0. The maximum absolute atomic E-state index is 11.4. The topological polar surface area (TPSA) is 102 Å². The zero-order chi connectivity index (χ0) is 14.3. The molecule has 0 N–H and O–H groups in total. The lowest BCUT2D eigenvalue weighted by atomic mass is 10.2. The van der Waals surface area contributed by atoms with Gasteiger partial charge in [0.2, 0.25) is 0 Å². The largest absolute Gasteiger partial charge is 1.00 e. The molecule has 0 aliphatic heterocycles. The van der Waals surface area contributed by atoms with Crippen molar-refractivity contribution < 1.29 is 43.4 Å². The number of hydrogen-bond donors (Lipinski definition) is 0. The zero-order valence-electron chi connectivity index (χ0n) is 10.9. The van der Waals surface area contributed by atoms with Crippen molar-refractivity contribution in [2.75, 3.05) is 21.1 Å². The van der Waals surface area contributed by atoms with Gasteiger partial charge in [-0.3, -0.25) is 14.0 Å². The SMILES string of the molecule is CCC(=O)C(=NC)C(=O)OS(=O)(=O)OC=[N+](C)C.[Cl-]. The van der Waals surface area contributed by atoms with Gasteiger partial charge in [0.25, 0.3) is 0 Å². The van der Waals surface area contributed by atoms with E-state index in [1.165, 1.54) is 32.6 Å². The van der Waals surface area contributed by atoms with Gasteiger partial charge in [0.05, 0.1) is 0 Å². The Labute approximate surface area is 117 Å². The summed E-state index contributed by atoms with van der Waals surface area (Å²) in [5.41, 5.74) is -0.575.